The molecule has 1 rings (SSSR count). The van der Waals surface area contributed by atoms with Crippen molar-refractivity contribution in [3.8, 4) is 0 Å². The SMILES string of the molecule is CCCCCCC(C)OCC(NC)c1cc(C)ccc1C. The van der Waals surface area contributed by atoms with Gasteiger partial charge in [-0.3, -0.25) is 0 Å². The molecule has 0 aliphatic carbocycles. The van der Waals surface area contributed by atoms with Gasteiger partial charge in [0.25, 0.3) is 0 Å². The van der Waals surface area contributed by atoms with Gasteiger partial charge in [-0.25, -0.2) is 0 Å². The van der Waals surface area contributed by atoms with E-state index in [9.17, 15) is 0 Å². The van der Waals surface area contributed by atoms with Crippen LogP contribution in [0.5, 0.6) is 0 Å². The zero-order valence-electron chi connectivity index (χ0n) is 14.5. The van der Waals surface area contributed by atoms with E-state index in [0.29, 0.717) is 6.10 Å². The van der Waals surface area contributed by atoms with Crippen LogP contribution in [0.2, 0.25) is 0 Å². The van der Waals surface area contributed by atoms with E-state index in [4.69, 9.17) is 4.74 Å². The van der Waals surface area contributed by atoms with Crippen molar-refractivity contribution in [3.63, 3.8) is 0 Å². The highest BCUT2D eigenvalue weighted by Gasteiger charge is 2.14. The molecule has 0 bridgehead atoms. The number of benzene rings is 1. The van der Waals surface area contributed by atoms with Crippen LogP contribution in [0.15, 0.2) is 18.2 Å². The molecule has 0 heterocycles. The first kappa shape index (κ1) is 18.2. The number of ether oxygens (including phenoxy) is 1. The van der Waals surface area contributed by atoms with Crippen LogP contribution in [0.4, 0.5) is 0 Å². The Morgan fingerprint density at radius 2 is 1.90 bits per heavy atom. The van der Waals surface area contributed by atoms with Crippen molar-refractivity contribution in [2.24, 2.45) is 0 Å². The Balaban J connectivity index is 2.45. The van der Waals surface area contributed by atoms with Crippen LogP contribution in [0.1, 0.15) is 68.7 Å². The third-order valence-corrected chi connectivity index (χ3v) is 4.17. The van der Waals surface area contributed by atoms with E-state index in [0.717, 1.165) is 6.61 Å². The molecule has 21 heavy (non-hydrogen) atoms. The van der Waals surface area contributed by atoms with Crippen molar-refractivity contribution in [2.75, 3.05) is 13.7 Å². The van der Waals surface area contributed by atoms with Crippen LogP contribution in [-0.4, -0.2) is 19.8 Å². The van der Waals surface area contributed by atoms with Crippen LogP contribution in [0, 0.1) is 13.8 Å². The van der Waals surface area contributed by atoms with Crippen LogP contribution < -0.4 is 5.32 Å². The maximum absolute atomic E-state index is 6.06. The summed E-state index contributed by atoms with van der Waals surface area (Å²) in [5, 5.41) is 3.39. The molecule has 0 aliphatic heterocycles. The molecule has 0 fully saturated rings. The average molecular weight is 291 g/mol. The van der Waals surface area contributed by atoms with Crippen molar-refractivity contribution in [1.29, 1.82) is 0 Å². The standard InChI is InChI=1S/C19H33NO/c1-6-7-8-9-10-17(4)21-14-19(20-5)18-13-15(2)11-12-16(18)3/h11-13,17,19-20H,6-10,14H2,1-5H3. The smallest absolute Gasteiger partial charge is 0.0665 e. The molecule has 0 aromatic heterocycles. The summed E-state index contributed by atoms with van der Waals surface area (Å²) in [7, 11) is 2.02. The van der Waals surface area contributed by atoms with Crippen LogP contribution in [-0.2, 0) is 4.74 Å². The second-order valence-corrected chi connectivity index (χ2v) is 6.19. The van der Waals surface area contributed by atoms with Gasteiger partial charge in [-0.2, -0.15) is 0 Å². The molecule has 2 heteroatoms. The normalized spacial score (nSPS) is 14.1. The molecular weight excluding hydrogens is 258 g/mol. The minimum absolute atomic E-state index is 0.281. The van der Waals surface area contributed by atoms with Gasteiger partial charge in [-0.05, 0) is 45.4 Å². The first-order chi connectivity index (χ1) is 10.1. The van der Waals surface area contributed by atoms with Crippen molar-refractivity contribution >= 4 is 0 Å². The highest BCUT2D eigenvalue weighted by Crippen LogP contribution is 2.20. The zero-order valence-corrected chi connectivity index (χ0v) is 14.5. The van der Waals surface area contributed by atoms with Gasteiger partial charge in [0.15, 0.2) is 0 Å². The molecule has 2 unspecified atom stereocenters. The molecule has 0 amide bonds. The highest BCUT2D eigenvalue weighted by molar-refractivity contribution is 5.33. The number of nitrogens with one attached hydrogen (secondary N) is 1. The second kappa shape index (κ2) is 9.97. The molecule has 1 aromatic carbocycles. The monoisotopic (exact) mass is 291 g/mol. The Morgan fingerprint density at radius 3 is 2.57 bits per heavy atom. The fraction of sp³-hybridized carbons (Fsp3) is 0.684. The lowest BCUT2D eigenvalue weighted by atomic mass is 9.99. The number of unbranched alkanes of at least 4 members (excludes halogenated alkanes) is 3. The van der Waals surface area contributed by atoms with E-state index in [2.05, 4.69) is 51.2 Å². The van der Waals surface area contributed by atoms with E-state index < -0.39 is 0 Å². The predicted molar refractivity (Wildman–Crippen MR) is 91.9 cm³/mol. The average Bonchev–Trinajstić information content (AvgIpc) is 2.47. The molecular formula is C19H33NO. The number of aryl methyl sites for hydroxylation is 2. The molecule has 0 saturated heterocycles. The van der Waals surface area contributed by atoms with Crippen molar-refractivity contribution in [2.45, 2.75) is 71.9 Å². The Hall–Kier alpha value is -0.860. The van der Waals surface area contributed by atoms with Gasteiger partial charge in [0.1, 0.15) is 0 Å². The molecule has 2 atom stereocenters. The lowest BCUT2D eigenvalue weighted by Gasteiger charge is -2.22. The summed E-state index contributed by atoms with van der Waals surface area (Å²) in [5.41, 5.74) is 4.00. The van der Waals surface area contributed by atoms with Gasteiger partial charge in [0.05, 0.1) is 18.8 Å². The summed E-state index contributed by atoms with van der Waals surface area (Å²) in [4.78, 5) is 0. The van der Waals surface area contributed by atoms with Crippen molar-refractivity contribution < 1.29 is 4.74 Å². The first-order valence-corrected chi connectivity index (χ1v) is 8.44. The molecule has 0 saturated carbocycles. The number of rotatable bonds is 10. The van der Waals surface area contributed by atoms with E-state index in [1.165, 1.54) is 48.8 Å². The van der Waals surface area contributed by atoms with Crippen LogP contribution in [0.3, 0.4) is 0 Å². The van der Waals surface area contributed by atoms with E-state index in [-0.39, 0.29) is 6.04 Å². The van der Waals surface area contributed by atoms with Gasteiger partial charge in [0, 0.05) is 0 Å². The summed E-state index contributed by atoms with van der Waals surface area (Å²) >= 11 is 0. The molecule has 1 N–H and O–H groups in total. The Morgan fingerprint density at radius 1 is 1.14 bits per heavy atom. The molecule has 2 nitrogen and oxygen atoms in total. The number of hydrogen-bond acceptors (Lipinski definition) is 2. The minimum atomic E-state index is 0.281. The fourth-order valence-electron chi connectivity index (χ4n) is 2.67. The Bertz CT molecular complexity index is 403. The summed E-state index contributed by atoms with van der Waals surface area (Å²) in [5.74, 6) is 0. The number of likely N-dealkylation sites (N-methyl/N-ethyl adjacent to an activating group) is 1. The van der Waals surface area contributed by atoms with Crippen molar-refractivity contribution in [3.05, 3.63) is 34.9 Å². The maximum atomic E-state index is 6.06. The minimum Gasteiger partial charge on any atom is -0.377 e. The summed E-state index contributed by atoms with van der Waals surface area (Å²) in [6.45, 7) is 9.51. The quantitative estimate of drug-likeness (QED) is 0.617. The third-order valence-electron chi connectivity index (χ3n) is 4.17. The number of hydrogen-bond donors (Lipinski definition) is 1. The van der Waals surface area contributed by atoms with Gasteiger partial charge < -0.3 is 10.1 Å². The highest BCUT2D eigenvalue weighted by atomic mass is 16.5. The van der Waals surface area contributed by atoms with E-state index >= 15 is 0 Å². The Kier molecular flexibility index (Phi) is 8.63. The van der Waals surface area contributed by atoms with Gasteiger partial charge >= 0.3 is 0 Å². The molecule has 120 valence electrons. The lowest BCUT2D eigenvalue weighted by molar-refractivity contribution is 0.0440. The summed E-state index contributed by atoms with van der Waals surface area (Å²) in [6, 6.07) is 6.92. The first-order valence-electron chi connectivity index (χ1n) is 8.44. The molecule has 1 aromatic rings. The summed E-state index contributed by atoms with van der Waals surface area (Å²) < 4.78 is 6.06. The van der Waals surface area contributed by atoms with Crippen LogP contribution in [0.25, 0.3) is 0 Å². The topological polar surface area (TPSA) is 21.3 Å². The van der Waals surface area contributed by atoms with Crippen molar-refractivity contribution in [1.82, 2.24) is 5.32 Å². The lowest BCUT2D eigenvalue weighted by Crippen LogP contribution is -2.25. The van der Waals surface area contributed by atoms with E-state index in [1.54, 1.807) is 0 Å². The van der Waals surface area contributed by atoms with Gasteiger partial charge in [0.2, 0.25) is 0 Å². The Labute approximate surface area is 131 Å². The predicted octanol–water partition coefficient (Wildman–Crippen LogP) is 4.94. The molecule has 0 spiro atoms. The van der Waals surface area contributed by atoms with Gasteiger partial charge in [-0.1, -0.05) is 56.4 Å². The zero-order chi connectivity index (χ0) is 15.7. The van der Waals surface area contributed by atoms with E-state index in [1.807, 2.05) is 7.05 Å². The second-order valence-electron chi connectivity index (χ2n) is 6.19. The summed E-state index contributed by atoms with van der Waals surface area (Å²) in [6.07, 6.45) is 6.77. The third kappa shape index (κ3) is 6.62. The van der Waals surface area contributed by atoms with Crippen LogP contribution >= 0.6 is 0 Å². The van der Waals surface area contributed by atoms with Gasteiger partial charge in [-0.15, -0.1) is 0 Å². The molecule has 0 aliphatic rings. The molecule has 0 radical (unpaired) electrons. The maximum Gasteiger partial charge on any atom is 0.0665 e. The fourth-order valence-corrected chi connectivity index (χ4v) is 2.67. The largest absolute Gasteiger partial charge is 0.377 e.